The largest absolute Gasteiger partial charge is 0.490 e. The first-order valence-corrected chi connectivity index (χ1v) is 11.1. The van der Waals surface area contributed by atoms with E-state index in [-0.39, 0.29) is 11.1 Å². The Morgan fingerprint density at radius 1 is 0.903 bits per heavy atom. The summed E-state index contributed by atoms with van der Waals surface area (Å²) in [6.45, 7) is 2.99. The monoisotopic (exact) mass is 505 g/mol. The second-order valence-corrected chi connectivity index (χ2v) is 8.12. The molecule has 0 aliphatic carbocycles. The Hall–Kier alpha value is -1.79. The van der Waals surface area contributed by atoms with E-state index in [2.05, 4.69) is 5.16 Å². The van der Waals surface area contributed by atoms with E-state index in [0.29, 0.717) is 46.4 Å². The lowest BCUT2D eigenvalue weighted by molar-refractivity contribution is 0.250. The third kappa shape index (κ3) is 10.4. The van der Waals surface area contributed by atoms with E-state index in [1.807, 2.05) is 30.3 Å². The van der Waals surface area contributed by atoms with Gasteiger partial charge >= 0.3 is 0 Å². The van der Waals surface area contributed by atoms with Crippen LogP contribution >= 0.6 is 46.4 Å². The molecular weight excluding hydrogens is 484 g/mol. The van der Waals surface area contributed by atoms with Crippen molar-refractivity contribution >= 4 is 52.3 Å². The van der Waals surface area contributed by atoms with Gasteiger partial charge < -0.3 is 19.0 Å². The zero-order chi connectivity index (χ0) is 22.5. The molecule has 0 aliphatic heterocycles. The van der Waals surface area contributed by atoms with Crippen LogP contribution in [0, 0.1) is 0 Å². The number of unbranched alkanes of at least 4 members (excludes halogenated alkanes) is 2. The number of benzene rings is 2. The first-order valence-electron chi connectivity index (χ1n) is 9.61. The molecule has 9 heteroatoms. The van der Waals surface area contributed by atoms with Crippen molar-refractivity contribution in [2.24, 2.45) is 5.16 Å². The number of nitrogens with zero attached hydrogens (tertiary/aromatic N) is 1. The molecule has 0 amide bonds. The molecule has 0 unspecified atom stereocenters. The van der Waals surface area contributed by atoms with Crippen LogP contribution in [0.15, 0.2) is 58.2 Å². The summed E-state index contributed by atoms with van der Waals surface area (Å²) in [5, 5.41) is 4.68. The number of oxime groups is 1. The zero-order valence-corrected chi connectivity index (χ0v) is 20.0. The van der Waals surface area contributed by atoms with E-state index >= 15 is 0 Å². The van der Waals surface area contributed by atoms with Gasteiger partial charge in [0.1, 0.15) is 16.8 Å². The SMILES string of the molecule is CC(=NOc1ccccc1)OCCCCCOc1c(Cl)cc(OCC=C(Cl)Cl)cc1Cl. The zero-order valence-electron chi connectivity index (χ0n) is 17.0. The predicted molar refractivity (Wildman–Crippen MR) is 127 cm³/mol. The third-order valence-corrected chi connectivity index (χ3v) is 4.70. The Labute approximate surface area is 202 Å². The topological polar surface area (TPSA) is 49.3 Å². The maximum atomic E-state index is 6.25. The van der Waals surface area contributed by atoms with Crippen molar-refractivity contribution in [1.82, 2.24) is 0 Å². The van der Waals surface area contributed by atoms with Gasteiger partial charge in [-0.15, -0.1) is 0 Å². The smallest absolute Gasteiger partial charge is 0.223 e. The average molecular weight is 507 g/mol. The lowest BCUT2D eigenvalue weighted by Crippen LogP contribution is -2.04. The van der Waals surface area contributed by atoms with Gasteiger partial charge in [0.15, 0.2) is 11.5 Å². The Bertz CT molecular complexity index is 848. The van der Waals surface area contributed by atoms with Crippen molar-refractivity contribution in [3.8, 4) is 17.2 Å². The maximum absolute atomic E-state index is 6.25. The number of para-hydroxylation sites is 1. The van der Waals surface area contributed by atoms with Gasteiger partial charge in [-0.25, -0.2) is 0 Å². The van der Waals surface area contributed by atoms with Crippen LogP contribution in [0.4, 0.5) is 0 Å². The fourth-order valence-corrected chi connectivity index (χ4v) is 3.06. The third-order valence-electron chi connectivity index (χ3n) is 3.83. The van der Waals surface area contributed by atoms with Crippen LogP contribution in [0.5, 0.6) is 17.2 Å². The molecule has 168 valence electrons. The van der Waals surface area contributed by atoms with Crippen LogP contribution in [0.1, 0.15) is 26.2 Å². The molecule has 0 radical (unpaired) electrons. The molecule has 0 spiro atoms. The summed E-state index contributed by atoms with van der Waals surface area (Å²) in [5.74, 6) is 2.07. The minimum Gasteiger partial charge on any atom is -0.490 e. The number of ether oxygens (including phenoxy) is 3. The van der Waals surface area contributed by atoms with E-state index in [0.717, 1.165) is 19.3 Å². The van der Waals surface area contributed by atoms with Gasteiger partial charge in [0.05, 0.1) is 23.3 Å². The van der Waals surface area contributed by atoms with Crippen LogP contribution in [0.2, 0.25) is 10.0 Å². The summed E-state index contributed by atoms with van der Waals surface area (Å²) in [5.41, 5.74) is 0. The Kier molecular flexibility index (Phi) is 11.8. The molecule has 0 N–H and O–H groups in total. The Morgan fingerprint density at radius 3 is 2.26 bits per heavy atom. The van der Waals surface area contributed by atoms with Crippen molar-refractivity contribution in [3.05, 3.63) is 63.1 Å². The normalized spacial score (nSPS) is 11.1. The van der Waals surface area contributed by atoms with Gasteiger partial charge in [-0.1, -0.05) is 64.6 Å². The molecule has 0 aliphatic rings. The molecule has 0 fully saturated rings. The number of hydrogen-bond donors (Lipinski definition) is 0. The van der Waals surface area contributed by atoms with Crippen LogP contribution in [-0.4, -0.2) is 25.7 Å². The van der Waals surface area contributed by atoms with Crippen molar-refractivity contribution in [2.45, 2.75) is 26.2 Å². The van der Waals surface area contributed by atoms with Gasteiger partial charge in [0.25, 0.3) is 0 Å². The van der Waals surface area contributed by atoms with Crippen LogP contribution in [0.3, 0.4) is 0 Å². The lowest BCUT2D eigenvalue weighted by atomic mass is 10.2. The standard InChI is InChI=1S/C22H23Cl4NO4/c1-16(27-31-17-8-4-2-5-9-17)28-11-6-3-7-12-30-22-19(23)14-18(15-20(22)24)29-13-10-21(25)26/h2,4-5,8-10,14-15H,3,6-7,11-13H2,1H3. The fourth-order valence-electron chi connectivity index (χ4n) is 2.36. The summed E-state index contributed by atoms with van der Waals surface area (Å²) < 4.78 is 16.8. The summed E-state index contributed by atoms with van der Waals surface area (Å²) in [4.78, 5) is 5.27. The molecule has 0 saturated heterocycles. The van der Waals surface area contributed by atoms with Gasteiger partial charge in [-0.3, -0.25) is 0 Å². The first-order chi connectivity index (χ1) is 15.0. The second kappa shape index (κ2) is 14.3. The fraction of sp³-hybridized carbons (Fsp3) is 0.318. The molecule has 0 bridgehead atoms. The van der Waals surface area contributed by atoms with Crippen molar-refractivity contribution < 1.29 is 19.0 Å². The molecule has 2 aromatic carbocycles. The molecule has 0 atom stereocenters. The summed E-state index contributed by atoms with van der Waals surface area (Å²) in [7, 11) is 0. The minimum absolute atomic E-state index is 0.130. The van der Waals surface area contributed by atoms with Crippen molar-refractivity contribution in [2.75, 3.05) is 19.8 Å². The average Bonchev–Trinajstić information content (AvgIpc) is 2.73. The summed E-state index contributed by atoms with van der Waals surface area (Å²) in [6, 6.07) is 12.6. The van der Waals surface area contributed by atoms with Crippen molar-refractivity contribution in [1.29, 1.82) is 0 Å². The Morgan fingerprint density at radius 2 is 1.58 bits per heavy atom. The van der Waals surface area contributed by atoms with Crippen LogP contribution in [-0.2, 0) is 4.74 Å². The molecule has 0 aromatic heterocycles. The van der Waals surface area contributed by atoms with E-state index in [9.17, 15) is 0 Å². The number of hydrogen-bond acceptors (Lipinski definition) is 5. The number of rotatable bonds is 12. The van der Waals surface area contributed by atoms with E-state index < -0.39 is 0 Å². The van der Waals surface area contributed by atoms with E-state index in [1.165, 1.54) is 6.08 Å². The summed E-state index contributed by atoms with van der Waals surface area (Å²) in [6.07, 6.45) is 4.11. The lowest BCUT2D eigenvalue weighted by Gasteiger charge is -2.12. The van der Waals surface area contributed by atoms with Gasteiger partial charge in [0.2, 0.25) is 5.90 Å². The molecule has 0 saturated carbocycles. The number of halogens is 4. The minimum atomic E-state index is 0.130. The van der Waals surface area contributed by atoms with E-state index in [1.54, 1.807) is 19.1 Å². The second-order valence-electron chi connectivity index (χ2n) is 6.29. The predicted octanol–water partition coefficient (Wildman–Crippen LogP) is 7.67. The quantitative estimate of drug-likeness (QED) is 0.128. The van der Waals surface area contributed by atoms with Gasteiger partial charge in [-0.05, 0) is 42.6 Å². The highest BCUT2D eigenvalue weighted by Gasteiger charge is 2.10. The van der Waals surface area contributed by atoms with Gasteiger partial charge in [-0.2, -0.15) is 0 Å². The molecule has 31 heavy (non-hydrogen) atoms. The highest BCUT2D eigenvalue weighted by Crippen LogP contribution is 2.37. The summed E-state index contributed by atoms with van der Waals surface area (Å²) >= 11 is 23.6. The van der Waals surface area contributed by atoms with Crippen molar-refractivity contribution in [3.63, 3.8) is 0 Å². The molecule has 5 nitrogen and oxygen atoms in total. The highest BCUT2D eigenvalue weighted by atomic mass is 35.5. The van der Waals surface area contributed by atoms with Crippen LogP contribution in [0.25, 0.3) is 0 Å². The Balaban J connectivity index is 1.63. The molecule has 2 aromatic rings. The molecular formula is C22H23Cl4NO4. The van der Waals surface area contributed by atoms with E-state index in [4.69, 9.17) is 65.5 Å². The van der Waals surface area contributed by atoms with Crippen LogP contribution < -0.4 is 14.3 Å². The molecule has 2 rings (SSSR count). The maximum Gasteiger partial charge on any atom is 0.223 e. The molecule has 0 heterocycles. The highest BCUT2D eigenvalue weighted by molar-refractivity contribution is 6.55. The first kappa shape index (κ1) is 25.5. The van der Waals surface area contributed by atoms with Gasteiger partial charge in [0, 0.05) is 19.1 Å².